The molecule has 0 radical (unpaired) electrons. The highest BCUT2D eigenvalue weighted by Gasteiger charge is 2.73. The van der Waals surface area contributed by atoms with Crippen molar-refractivity contribution in [3.8, 4) is 5.75 Å². The topological polar surface area (TPSA) is 33.6 Å². The van der Waals surface area contributed by atoms with Crippen LogP contribution in [0, 0.1) is 0 Å². The Morgan fingerprint density at radius 1 is 0.929 bits per heavy atom. The Balaban J connectivity index is 1.96. The van der Waals surface area contributed by atoms with Crippen molar-refractivity contribution < 1.29 is 35.5 Å². The smallest absolute Gasteiger partial charge is 0.462 e. The minimum atomic E-state index is -6.43. The van der Waals surface area contributed by atoms with Gasteiger partial charge in [-0.15, -0.1) is 0 Å². The first-order valence-corrected chi connectivity index (χ1v) is 7.91. The molecule has 2 aromatic rings. The number of rotatable bonds is 7. The Morgan fingerprint density at radius 2 is 1.54 bits per heavy atom. The van der Waals surface area contributed by atoms with Gasteiger partial charge in [0.2, 0.25) is 0 Å². The summed E-state index contributed by atoms with van der Waals surface area (Å²) in [5, 5.41) is 3.27. The first-order chi connectivity index (χ1) is 12.9. The van der Waals surface area contributed by atoms with Gasteiger partial charge < -0.3 is 4.74 Å². The number of hydrazone groups is 1. The standard InChI is InChI=1S/C17H12ClF7N2O/c18-14-4-2-1-3-12(14)10-28-13-7-5-11(6-8-13)9-26-27-17(24,25)15(19,20)16(21,22)23/h1-9,27H,10H2/b26-9+. The maximum absolute atomic E-state index is 13.0. The number of ether oxygens (including phenoxy) is 1. The highest BCUT2D eigenvalue weighted by Crippen LogP contribution is 2.44. The molecule has 0 amide bonds. The van der Waals surface area contributed by atoms with Crippen LogP contribution in [0.2, 0.25) is 5.02 Å². The molecule has 152 valence electrons. The van der Waals surface area contributed by atoms with Gasteiger partial charge in [-0.05, 0) is 35.9 Å². The van der Waals surface area contributed by atoms with Crippen LogP contribution in [0.4, 0.5) is 30.7 Å². The van der Waals surface area contributed by atoms with Gasteiger partial charge >= 0.3 is 18.1 Å². The Hall–Kier alpha value is -2.49. The summed E-state index contributed by atoms with van der Waals surface area (Å²) < 4.78 is 93.0. The number of halogens is 8. The third kappa shape index (κ3) is 5.06. The molecule has 0 saturated heterocycles. The zero-order chi connectivity index (χ0) is 21.0. The first kappa shape index (κ1) is 21.8. The summed E-state index contributed by atoms with van der Waals surface area (Å²) in [5.74, 6) is -5.90. The molecule has 0 aliphatic heterocycles. The summed E-state index contributed by atoms with van der Waals surface area (Å²) in [7, 11) is 0. The first-order valence-electron chi connectivity index (χ1n) is 7.53. The predicted molar refractivity (Wildman–Crippen MR) is 88.9 cm³/mol. The van der Waals surface area contributed by atoms with E-state index < -0.39 is 18.1 Å². The van der Waals surface area contributed by atoms with Crippen molar-refractivity contribution in [2.24, 2.45) is 5.10 Å². The monoisotopic (exact) mass is 428 g/mol. The Labute approximate surface area is 159 Å². The second kappa shape index (κ2) is 8.26. The second-order valence-electron chi connectivity index (χ2n) is 5.47. The molecule has 0 bridgehead atoms. The van der Waals surface area contributed by atoms with Gasteiger partial charge in [-0.3, -0.25) is 0 Å². The zero-order valence-electron chi connectivity index (χ0n) is 13.8. The van der Waals surface area contributed by atoms with Gasteiger partial charge in [-0.1, -0.05) is 29.8 Å². The van der Waals surface area contributed by atoms with E-state index in [0.717, 1.165) is 5.56 Å². The molecule has 0 saturated carbocycles. The van der Waals surface area contributed by atoms with E-state index in [9.17, 15) is 30.7 Å². The molecule has 3 nitrogen and oxygen atoms in total. The van der Waals surface area contributed by atoms with E-state index >= 15 is 0 Å². The molecule has 0 fully saturated rings. The Bertz CT molecular complexity index is 823. The van der Waals surface area contributed by atoms with E-state index in [0.29, 0.717) is 22.4 Å². The van der Waals surface area contributed by atoms with Crippen molar-refractivity contribution >= 4 is 17.8 Å². The molecule has 11 heteroatoms. The maximum Gasteiger partial charge on any atom is 0.462 e. The maximum atomic E-state index is 13.0. The molecule has 0 unspecified atom stereocenters. The van der Waals surface area contributed by atoms with Crippen LogP contribution < -0.4 is 10.2 Å². The van der Waals surface area contributed by atoms with Crippen LogP contribution in [-0.4, -0.2) is 24.4 Å². The largest absolute Gasteiger partial charge is 0.489 e. The van der Waals surface area contributed by atoms with Gasteiger partial charge in [0, 0.05) is 10.6 Å². The quantitative estimate of drug-likeness (QED) is 0.268. The van der Waals surface area contributed by atoms with E-state index in [1.54, 1.807) is 24.3 Å². The SMILES string of the molecule is FC(F)(F)C(F)(F)C(F)(F)N/N=C/c1ccc(OCc2ccccc2Cl)cc1. The van der Waals surface area contributed by atoms with Crippen molar-refractivity contribution in [2.75, 3.05) is 0 Å². The minimum absolute atomic E-state index is 0.156. The summed E-state index contributed by atoms with van der Waals surface area (Å²) in [5.41, 5.74) is 1.43. The van der Waals surface area contributed by atoms with Gasteiger partial charge in [-0.25, -0.2) is 5.43 Å². The molecule has 1 N–H and O–H groups in total. The predicted octanol–water partition coefficient (Wildman–Crippen LogP) is 5.63. The van der Waals surface area contributed by atoms with Crippen molar-refractivity contribution in [1.82, 2.24) is 5.43 Å². The summed E-state index contributed by atoms with van der Waals surface area (Å²) in [6, 6.07) is 6.90. The van der Waals surface area contributed by atoms with Crippen LogP contribution in [0.5, 0.6) is 5.75 Å². The number of nitrogens with zero attached hydrogens (tertiary/aromatic N) is 1. The lowest BCUT2D eigenvalue weighted by Crippen LogP contribution is -2.58. The van der Waals surface area contributed by atoms with Crippen molar-refractivity contribution in [3.05, 3.63) is 64.7 Å². The van der Waals surface area contributed by atoms with E-state index in [1.165, 1.54) is 24.3 Å². The lowest BCUT2D eigenvalue weighted by Gasteiger charge is -2.27. The molecule has 0 aliphatic rings. The molecule has 2 aromatic carbocycles. The van der Waals surface area contributed by atoms with Crippen LogP contribution >= 0.6 is 11.6 Å². The second-order valence-corrected chi connectivity index (χ2v) is 5.87. The number of hydrogen-bond acceptors (Lipinski definition) is 3. The molecule has 0 heterocycles. The number of hydrogen-bond donors (Lipinski definition) is 1. The van der Waals surface area contributed by atoms with E-state index in [-0.39, 0.29) is 12.2 Å². The van der Waals surface area contributed by atoms with Crippen LogP contribution in [0.25, 0.3) is 0 Å². The highest BCUT2D eigenvalue weighted by atomic mass is 35.5. The molecule has 0 atom stereocenters. The van der Waals surface area contributed by atoms with Crippen LogP contribution in [0.1, 0.15) is 11.1 Å². The molecule has 0 spiro atoms. The van der Waals surface area contributed by atoms with Gasteiger partial charge in [0.1, 0.15) is 12.4 Å². The zero-order valence-corrected chi connectivity index (χ0v) is 14.5. The molecule has 28 heavy (non-hydrogen) atoms. The third-order valence-corrected chi connectivity index (χ3v) is 3.77. The van der Waals surface area contributed by atoms with E-state index in [1.807, 2.05) is 0 Å². The van der Waals surface area contributed by atoms with E-state index in [2.05, 4.69) is 5.10 Å². The minimum Gasteiger partial charge on any atom is -0.489 e. The molecule has 2 rings (SSSR count). The van der Waals surface area contributed by atoms with Gasteiger partial charge in [-0.2, -0.15) is 35.8 Å². The fraction of sp³-hybridized carbons (Fsp3) is 0.235. The summed E-state index contributed by atoms with van der Waals surface area (Å²) in [4.78, 5) is 0. The van der Waals surface area contributed by atoms with Crippen LogP contribution in [-0.2, 0) is 6.61 Å². The lowest BCUT2D eigenvalue weighted by atomic mass is 10.2. The summed E-state index contributed by atoms with van der Waals surface area (Å²) in [6.07, 6.45) is -5.77. The van der Waals surface area contributed by atoms with Crippen molar-refractivity contribution in [3.63, 3.8) is 0 Å². The molecule has 0 aliphatic carbocycles. The highest BCUT2D eigenvalue weighted by molar-refractivity contribution is 6.31. The number of nitrogens with one attached hydrogen (secondary N) is 1. The fourth-order valence-corrected chi connectivity index (χ4v) is 2.05. The summed E-state index contributed by atoms with van der Waals surface area (Å²) in [6.45, 7) is 0.160. The van der Waals surface area contributed by atoms with Gasteiger partial charge in [0.05, 0.1) is 6.21 Å². The average molecular weight is 429 g/mol. The lowest BCUT2D eigenvalue weighted by molar-refractivity contribution is -0.361. The Kier molecular flexibility index (Phi) is 6.43. The van der Waals surface area contributed by atoms with Gasteiger partial charge in [0.25, 0.3) is 0 Å². The van der Waals surface area contributed by atoms with Crippen LogP contribution in [0.15, 0.2) is 53.6 Å². The van der Waals surface area contributed by atoms with E-state index in [4.69, 9.17) is 16.3 Å². The molecular formula is C17H12ClF7N2O. The number of alkyl halides is 7. The van der Waals surface area contributed by atoms with Crippen molar-refractivity contribution in [2.45, 2.75) is 24.8 Å². The van der Waals surface area contributed by atoms with Gasteiger partial charge in [0.15, 0.2) is 0 Å². The molecule has 0 aromatic heterocycles. The normalized spacial score (nSPS) is 13.0. The third-order valence-electron chi connectivity index (χ3n) is 3.40. The fourth-order valence-electron chi connectivity index (χ4n) is 1.86. The van der Waals surface area contributed by atoms with Crippen LogP contribution in [0.3, 0.4) is 0 Å². The molecular weight excluding hydrogens is 417 g/mol. The number of benzene rings is 2. The summed E-state index contributed by atoms with van der Waals surface area (Å²) >= 11 is 5.98. The Morgan fingerprint density at radius 3 is 2.11 bits per heavy atom. The van der Waals surface area contributed by atoms with Crippen molar-refractivity contribution in [1.29, 1.82) is 0 Å². The average Bonchev–Trinajstić information content (AvgIpc) is 2.61.